The number of para-hydroxylation sites is 1. The van der Waals surface area contributed by atoms with E-state index in [0.717, 1.165) is 12.1 Å². The number of carbonyl (C=O) groups excluding carboxylic acids is 1. The predicted molar refractivity (Wildman–Crippen MR) is 74.9 cm³/mol. The minimum atomic E-state index is -0.936. The smallest absolute Gasteiger partial charge is 0.258 e. The van der Waals surface area contributed by atoms with Gasteiger partial charge in [-0.25, -0.2) is 8.78 Å². The Morgan fingerprint density at radius 2 is 1.86 bits per heavy atom. The summed E-state index contributed by atoms with van der Waals surface area (Å²) in [5.41, 5.74) is 0.488. The molecule has 5 heteroatoms. The molecule has 2 aromatic carbocycles. The van der Waals surface area contributed by atoms with Crippen LogP contribution in [0, 0.1) is 11.6 Å². The Balaban J connectivity index is 1.88. The fourth-order valence-electron chi connectivity index (χ4n) is 1.81. The highest BCUT2D eigenvalue weighted by Gasteiger charge is 2.12. The van der Waals surface area contributed by atoms with E-state index in [-0.39, 0.29) is 12.5 Å². The van der Waals surface area contributed by atoms with Gasteiger partial charge in [0.1, 0.15) is 5.75 Å². The number of hydrogen-bond donors (Lipinski definition) is 1. The first-order valence-electron chi connectivity index (χ1n) is 6.48. The molecule has 0 radical (unpaired) electrons. The van der Waals surface area contributed by atoms with Crippen molar-refractivity contribution < 1.29 is 18.3 Å². The predicted octanol–water partition coefficient (Wildman–Crippen LogP) is 3.22. The molecular weight excluding hydrogens is 276 g/mol. The molecule has 0 unspecified atom stereocenters. The first-order valence-corrected chi connectivity index (χ1v) is 6.48. The summed E-state index contributed by atoms with van der Waals surface area (Å²) in [6.07, 6.45) is 0. The van der Waals surface area contributed by atoms with Crippen molar-refractivity contribution in [3.05, 3.63) is 65.7 Å². The van der Waals surface area contributed by atoms with Gasteiger partial charge in [-0.1, -0.05) is 24.3 Å². The van der Waals surface area contributed by atoms with Gasteiger partial charge in [0.25, 0.3) is 5.91 Å². The maximum Gasteiger partial charge on any atom is 0.258 e. The molecule has 21 heavy (non-hydrogen) atoms. The first-order chi connectivity index (χ1) is 10.1. The van der Waals surface area contributed by atoms with Crippen LogP contribution < -0.4 is 10.1 Å². The van der Waals surface area contributed by atoms with E-state index in [1.807, 2.05) is 6.07 Å². The van der Waals surface area contributed by atoms with Crippen LogP contribution in [0.2, 0.25) is 0 Å². The molecule has 3 nitrogen and oxygen atoms in total. The zero-order chi connectivity index (χ0) is 15.2. The molecule has 0 bridgehead atoms. The van der Waals surface area contributed by atoms with Gasteiger partial charge in [-0.3, -0.25) is 4.79 Å². The number of halogens is 2. The highest BCUT2D eigenvalue weighted by Crippen LogP contribution is 2.16. The van der Waals surface area contributed by atoms with Crippen molar-refractivity contribution in [1.82, 2.24) is 5.32 Å². The Morgan fingerprint density at radius 3 is 2.52 bits per heavy atom. The van der Waals surface area contributed by atoms with Crippen LogP contribution in [0.4, 0.5) is 8.78 Å². The van der Waals surface area contributed by atoms with E-state index in [4.69, 9.17) is 4.74 Å². The number of amides is 1. The maximum absolute atomic E-state index is 13.1. The summed E-state index contributed by atoms with van der Waals surface area (Å²) >= 11 is 0. The van der Waals surface area contributed by atoms with Gasteiger partial charge in [-0.05, 0) is 36.8 Å². The molecule has 0 aliphatic rings. The topological polar surface area (TPSA) is 38.3 Å². The lowest BCUT2D eigenvalue weighted by molar-refractivity contribution is -0.123. The third-order valence-corrected chi connectivity index (χ3v) is 2.93. The molecule has 0 aromatic heterocycles. The molecule has 1 N–H and O–H groups in total. The molecule has 2 rings (SSSR count). The highest BCUT2D eigenvalue weighted by atomic mass is 19.2. The molecule has 1 amide bonds. The second kappa shape index (κ2) is 6.83. The van der Waals surface area contributed by atoms with Gasteiger partial charge >= 0.3 is 0 Å². The van der Waals surface area contributed by atoms with Crippen LogP contribution in [0.25, 0.3) is 0 Å². The quantitative estimate of drug-likeness (QED) is 0.918. The van der Waals surface area contributed by atoms with Crippen molar-refractivity contribution in [3.63, 3.8) is 0 Å². The third kappa shape index (κ3) is 4.27. The number of rotatable bonds is 5. The lowest BCUT2D eigenvalue weighted by Crippen LogP contribution is -2.31. The second-order valence-electron chi connectivity index (χ2n) is 4.56. The first kappa shape index (κ1) is 15.0. The SMILES string of the molecule is C[C@H](NC(=O)COc1ccccc1)c1ccc(F)c(F)c1. The van der Waals surface area contributed by atoms with Crippen LogP contribution in [0.15, 0.2) is 48.5 Å². The molecule has 110 valence electrons. The lowest BCUT2D eigenvalue weighted by Gasteiger charge is -2.15. The van der Waals surface area contributed by atoms with E-state index >= 15 is 0 Å². The van der Waals surface area contributed by atoms with Gasteiger partial charge in [0, 0.05) is 0 Å². The van der Waals surface area contributed by atoms with Crippen LogP contribution >= 0.6 is 0 Å². The monoisotopic (exact) mass is 291 g/mol. The van der Waals surface area contributed by atoms with Gasteiger partial charge < -0.3 is 10.1 Å². The fourth-order valence-corrected chi connectivity index (χ4v) is 1.81. The van der Waals surface area contributed by atoms with Crippen molar-refractivity contribution in [2.75, 3.05) is 6.61 Å². The van der Waals surface area contributed by atoms with Crippen molar-refractivity contribution in [3.8, 4) is 5.75 Å². The lowest BCUT2D eigenvalue weighted by atomic mass is 10.1. The van der Waals surface area contributed by atoms with E-state index in [1.165, 1.54) is 6.07 Å². The summed E-state index contributed by atoms with van der Waals surface area (Å²) in [5.74, 6) is -1.59. The number of ether oxygens (including phenoxy) is 1. The molecular formula is C16H15F2NO2. The Bertz CT molecular complexity index is 617. The maximum atomic E-state index is 13.1. The van der Waals surface area contributed by atoms with E-state index < -0.39 is 17.7 Å². The van der Waals surface area contributed by atoms with Gasteiger partial charge in [0.15, 0.2) is 18.2 Å². The Labute approximate surface area is 121 Å². The van der Waals surface area contributed by atoms with Gasteiger partial charge in [-0.15, -0.1) is 0 Å². The number of hydrogen-bond acceptors (Lipinski definition) is 2. The van der Waals surface area contributed by atoms with Crippen LogP contribution in [0.3, 0.4) is 0 Å². The standard InChI is InChI=1S/C16H15F2NO2/c1-11(12-7-8-14(17)15(18)9-12)19-16(20)10-21-13-5-3-2-4-6-13/h2-9,11H,10H2,1H3,(H,19,20)/t11-/m0/s1. The number of benzene rings is 2. The van der Waals surface area contributed by atoms with E-state index in [2.05, 4.69) is 5.32 Å². The molecule has 0 saturated heterocycles. The van der Waals surface area contributed by atoms with E-state index in [9.17, 15) is 13.6 Å². The van der Waals surface area contributed by atoms with Crippen LogP contribution in [-0.4, -0.2) is 12.5 Å². The van der Waals surface area contributed by atoms with Crippen molar-refractivity contribution in [1.29, 1.82) is 0 Å². The Kier molecular flexibility index (Phi) is 4.87. The second-order valence-corrected chi connectivity index (χ2v) is 4.56. The minimum absolute atomic E-state index is 0.141. The van der Waals surface area contributed by atoms with Gasteiger partial charge in [0.05, 0.1) is 6.04 Å². The Hall–Kier alpha value is -2.43. The fraction of sp³-hybridized carbons (Fsp3) is 0.188. The van der Waals surface area contributed by atoms with E-state index in [0.29, 0.717) is 11.3 Å². The average molecular weight is 291 g/mol. The Morgan fingerprint density at radius 1 is 1.14 bits per heavy atom. The summed E-state index contributed by atoms with van der Waals surface area (Å²) in [6.45, 7) is 1.55. The van der Waals surface area contributed by atoms with E-state index in [1.54, 1.807) is 31.2 Å². The van der Waals surface area contributed by atoms with Crippen LogP contribution in [-0.2, 0) is 4.79 Å². The molecule has 0 aliphatic carbocycles. The summed E-state index contributed by atoms with van der Waals surface area (Å²) in [5, 5.41) is 2.66. The number of carbonyl (C=O) groups is 1. The normalized spacial score (nSPS) is 11.8. The van der Waals surface area contributed by atoms with Gasteiger partial charge in [0.2, 0.25) is 0 Å². The average Bonchev–Trinajstić information content (AvgIpc) is 2.49. The molecule has 1 atom stereocenters. The molecule has 0 saturated carbocycles. The summed E-state index contributed by atoms with van der Waals surface area (Å²) in [6, 6.07) is 12.0. The molecule has 2 aromatic rings. The third-order valence-electron chi connectivity index (χ3n) is 2.93. The van der Waals surface area contributed by atoms with Crippen molar-refractivity contribution in [2.45, 2.75) is 13.0 Å². The zero-order valence-corrected chi connectivity index (χ0v) is 11.5. The minimum Gasteiger partial charge on any atom is -0.484 e. The molecule has 0 aliphatic heterocycles. The van der Waals surface area contributed by atoms with Gasteiger partial charge in [-0.2, -0.15) is 0 Å². The zero-order valence-electron chi connectivity index (χ0n) is 11.5. The highest BCUT2D eigenvalue weighted by molar-refractivity contribution is 5.78. The van der Waals surface area contributed by atoms with Crippen LogP contribution in [0.5, 0.6) is 5.75 Å². The molecule has 0 spiro atoms. The molecule has 0 heterocycles. The summed E-state index contributed by atoms with van der Waals surface area (Å²) < 4.78 is 31.3. The summed E-state index contributed by atoms with van der Waals surface area (Å²) in [7, 11) is 0. The van der Waals surface area contributed by atoms with Crippen molar-refractivity contribution in [2.24, 2.45) is 0 Å². The summed E-state index contributed by atoms with van der Waals surface area (Å²) in [4.78, 5) is 11.7. The van der Waals surface area contributed by atoms with Crippen LogP contribution in [0.1, 0.15) is 18.5 Å². The van der Waals surface area contributed by atoms with Crippen molar-refractivity contribution >= 4 is 5.91 Å². The molecule has 0 fully saturated rings. The largest absolute Gasteiger partial charge is 0.484 e. The number of nitrogens with one attached hydrogen (secondary N) is 1.